The first-order valence-electron chi connectivity index (χ1n) is 6.11. The first-order chi connectivity index (χ1) is 8.84. The Morgan fingerprint density at radius 3 is 3.28 bits per heavy atom. The number of rotatable bonds is 3. The molecular weight excluding hydrogens is 230 g/mol. The Morgan fingerprint density at radius 1 is 1.50 bits per heavy atom. The maximum atomic E-state index is 11.9. The van der Waals surface area contributed by atoms with Crippen molar-refractivity contribution in [1.29, 1.82) is 0 Å². The smallest absolute Gasteiger partial charge is 0.224 e. The van der Waals surface area contributed by atoms with Gasteiger partial charge in [-0.1, -0.05) is 6.07 Å². The highest BCUT2D eigenvalue weighted by atomic mass is 16.1. The molecule has 0 saturated carbocycles. The number of amides is 1. The molecule has 3 rings (SSSR count). The molecule has 2 aromatic heterocycles. The van der Waals surface area contributed by atoms with Gasteiger partial charge in [0.25, 0.3) is 0 Å². The third kappa shape index (κ3) is 2.06. The zero-order chi connectivity index (χ0) is 12.4. The first-order valence-corrected chi connectivity index (χ1v) is 6.11. The van der Waals surface area contributed by atoms with Gasteiger partial charge in [0, 0.05) is 12.7 Å². The summed E-state index contributed by atoms with van der Waals surface area (Å²) < 4.78 is 1.88. The molecule has 1 amide bonds. The molecule has 3 heterocycles. The predicted octanol–water partition coefficient (Wildman–Crippen LogP) is -0.0450. The molecule has 6 nitrogen and oxygen atoms in total. The molecule has 1 atom stereocenters. The van der Waals surface area contributed by atoms with Crippen molar-refractivity contribution in [2.75, 3.05) is 13.1 Å². The number of nitrogens with zero attached hydrogens (tertiary/aromatic N) is 3. The quantitative estimate of drug-likeness (QED) is 0.795. The molecule has 0 aliphatic carbocycles. The van der Waals surface area contributed by atoms with Crippen molar-refractivity contribution in [1.82, 2.24) is 25.2 Å². The zero-order valence-corrected chi connectivity index (χ0v) is 9.97. The van der Waals surface area contributed by atoms with Crippen molar-refractivity contribution < 1.29 is 4.79 Å². The van der Waals surface area contributed by atoms with Crippen LogP contribution in [0.5, 0.6) is 0 Å². The average Bonchev–Trinajstić information content (AvgIpc) is 3.06. The zero-order valence-electron chi connectivity index (χ0n) is 9.97. The van der Waals surface area contributed by atoms with E-state index in [2.05, 4.69) is 20.8 Å². The molecule has 94 valence electrons. The predicted molar refractivity (Wildman–Crippen MR) is 65.8 cm³/mol. The number of hydrogen-bond acceptors (Lipinski definition) is 4. The normalized spacial score (nSPS) is 19.2. The summed E-state index contributed by atoms with van der Waals surface area (Å²) in [6.45, 7) is 2.11. The Bertz CT molecular complexity index is 558. The van der Waals surface area contributed by atoms with Gasteiger partial charge in [-0.15, -0.1) is 10.2 Å². The van der Waals surface area contributed by atoms with Crippen LogP contribution in [0.1, 0.15) is 12.2 Å². The highest BCUT2D eigenvalue weighted by molar-refractivity contribution is 5.79. The lowest BCUT2D eigenvalue weighted by Gasteiger charge is -2.08. The van der Waals surface area contributed by atoms with E-state index in [9.17, 15) is 4.79 Å². The Morgan fingerprint density at radius 2 is 2.44 bits per heavy atom. The standard InChI is InChI=1S/C12H15N5O/c18-12(9-4-5-13-7-9)14-8-11-16-15-10-3-1-2-6-17(10)11/h1-3,6,9,13H,4-5,7-8H2,(H,14,18). The van der Waals surface area contributed by atoms with Crippen LogP contribution in [-0.4, -0.2) is 33.6 Å². The molecule has 6 heteroatoms. The van der Waals surface area contributed by atoms with Crippen molar-refractivity contribution in [3.63, 3.8) is 0 Å². The molecule has 0 aromatic carbocycles. The summed E-state index contributed by atoms with van der Waals surface area (Å²) in [7, 11) is 0. The second-order valence-electron chi connectivity index (χ2n) is 4.45. The van der Waals surface area contributed by atoms with Gasteiger partial charge in [0.1, 0.15) is 0 Å². The van der Waals surface area contributed by atoms with Gasteiger partial charge in [0.2, 0.25) is 5.91 Å². The summed E-state index contributed by atoms with van der Waals surface area (Å²) >= 11 is 0. The molecule has 1 fully saturated rings. The van der Waals surface area contributed by atoms with E-state index in [0.717, 1.165) is 31.0 Å². The highest BCUT2D eigenvalue weighted by Crippen LogP contribution is 2.08. The van der Waals surface area contributed by atoms with E-state index in [1.807, 2.05) is 28.8 Å². The topological polar surface area (TPSA) is 71.3 Å². The van der Waals surface area contributed by atoms with Gasteiger partial charge in [-0.05, 0) is 25.1 Å². The van der Waals surface area contributed by atoms with E-state index in [-0.39, 0.29) is 11.8 Å². The molecule has 18 heavy (non-hydrogen) atoms. The summed E-state index contributed by atoms with van der Waals surface area (Å²) in [6, 6.07) is 5.72. The number of aromatic nitrogens is 3. The van der Waals surface area contributed by atoms with Crippen LogP contribution in [0.2, 0.25) is 0 Å². The van der Waals surface area contributed by atoms with Crippen molar-refractivity contribution in [3.8, 4) is 0 Å². The summed E-state index contributed by atoms with van der Waals surface area (Å²) in [5.41, 5.74) is 0.796. The summed E-state index contributed by atoms with van der Waals surface area (Å²) in [5, 5.41) is 14.2. The van der Waals surface area contributed by atoms with E-state index in [0.29, 0.717) is 6.54 Å². The third-order valence-corrected chi connectivity index (χ3v) is 3.24. The number of carbonyl (C=O) groups is 1. The molecule has 0 spiro atoms. The van der Waals surface area contributed by atoms with Crippen LogP contribution >= 0.6 is 0 Å². The molecule has 2 aromatic rings. The van der Waals surface area contributed by atoms with E-state index in [1.165, 1.54) is 0 Å². The SMILES string of the molecule is O=C(NCc1nnc2ccccn12)C1CCNC1. The van der Waals surface area contributed by atoms with Gasteiger partial charge >= 0.3 is 0 Å². The second kappa shape index (κ2) is 4.73. The van der Waals surface area contributed by atoms with Crippen LogP contribution in [0, 0.1) is 5.92 Å². The number of pyridine rings is 1. The van der Waals surface area contributed by atoms with Gasteiger partial charge in [-0.3, -0.25) is 9.20 Å². The fraction of sp³-hybridized carbons (Fsp3) is 0.417. The van der Waals surface area contributed by atoms with Crippen LogP contribution in [0.3, 0.4) is 0 Å². The summed E-state index contributed by atoms with van der Waals surface area (Å²) in [4.78, 5) is 11.9. The Balaban J connectivity index is 1.67. The van der Waals surface area contributed by atoms with Crippen molar-refractivity contribution in [2.45, 2.75) is 13.0 Å². The fourth-order valence-electron chi connectivity index (χ4n) is 2.20. The van der Waals surface area contributed by atoms with Crippen LogP contribution < -0.4 is 10.6 Å². The molecular formula is C12H15N5O. The van der Waals surface area contributed by atoms with Crippen LogP contribution in [0.15, 0.2) is 24.4 Å². The maximum Gasteiger partial charge on any atom is 0.224 e. The lowest BCUT2D eigenvalue weighted by Crippen LogP contribution is -2.32. The monoisotopic (exact) mass is 245 g/mol. The number of carbonyl (C=O) groups excluding carboxylic acids is 1. The van der Waals surface area contributed by atoms with Crippen LogP contribution in [0.4, 0.5) is 0 Å². The first kappa shape index (κ1) is 11.2. The Hall–Kier alpha value is -1.95. The molecule has 1 aliphatic heterocycles. The lowest BCUT2D eigenvalue weighted by molar-refractivity contribution is -0.124. The minimum absolute atomic E-state index is 0.0872. The van der Waals surface area contributed by atoms with E-state index in [4.69, 9.17) is 0 Å². The van der Waals surface area contributed by atoms with Crippen molar-refractivity contribution >= 4 is 11.6 Å². The average molecular weight is 245 g/mol. The minimum Gasteiger partial charge on any atom is -0.349 e. The van der Waals surface area contributed by atoms with Gasteiger partial charge in [0.05, 0.1) is 12.5 Å². The second-order valence-corrected chi connectivity index (χ2v) is 4.45. The molecule has 0 bridgehead atoms. The Kier molecular flexibility index (Phi) is 2.93. The summed E-state index contributed by atoms with van der Waals surface area (Å²) in [5.74, 6) is 0.932. The number of hydrogen-bond donors (Lipinski definition) is 2. The third-order valence-electron chi connectivity index (χ3n) is 3.24. The van der Waals surface area contributed by atoms with Gasteiger partial charge in [0.15, 0.2) is 11.5 Å². The molecule has 1 aliphatic rings. The molecule has 2 N–H and O–H groups in total. The maximum absolute atomic E-state index is 11.9. The number of fused-ring (bicyclic) bond motifs is 1. The largest absolute Gasteiger partial charge is 0.349 e. The number of nitrogens with one attached hydrogen (secondary N) is 2. The van der Waals surface area contributed by atoms with E-state index >= 15 is 0 Å². The fourth-order valence-corrected chi connectivity index (χ4v) is 2.20. The van der Waals surface area contributed by atoms with Crippen LogP contribution in [0.25, 0.3) is 5.65 Å². The van der Waals surface area contributed by atoms with Crippen LogP contribution in [-0.2, 0) is 11.3 Å². The van der Waals surface area contributed by atoms with Gasteiger partial charge < -0.3 is 10.6 Å². The molecule has 0 radical (unpaired) electrons. The summed E-state index contributed by atoms with van der Waals surface area (Å²) in [6.07, 6.45) is 2.81. The van der Waals surface area contributed by atoms with E-state index in [1.54, 1.807) is 0 Å². The Labute approximate surface area is 104 Å². The van der Waals surface area contributed by atoms with Crippen molar-refractivity contribution in [2.24, 2.45) is 5.92 Å². The minimum atomic E-state index is 0.0872. The van der Waals surface area contributed by atoms with Crippen molar-refractivity contribution in [3.05, 3.63) is 30.2 Å². The highest BCUT2D eigenvalue weighted by Gasteiger charge is 2.22. The van der Waals surface area contributed by atoms with Gasteiger partial charge in [-0.25, -0.2) is 0 Å². The lowest BCUT2D eigenvalue weighted by atomic mass is 10.1. The van der Waals surface area contributed by atoms with Gasteiger partial charge in [-0.2, -0.15) is 0 Å². The molecule has 1 saturated heterocycles. The van der Waals surface area contributed by atoms with E-state index < -0.39 is 0 Å². The molecule has 1 unspecified atom stereocenters.